The first-order valence-corrected chi connectivity index (χ1v) is 10.3. The number of likely N-dealkylation sites (N-methyl/N-ethyl adjacent to an activating group) is 1. The fourth-order valence-electron chi connectivity index (χ4n) is 3.51. The number of halogens is 7. The average Bonchev–Trinajstić information content (AvgIpc) is 2.72. The van der Waals surface area contributed by atoms with Crippen molar-refractivity contribution in [2.75, 3.05) is 38.7 Å². The van der Waals surface area contributed by atoms with E-state index >= 15 is 0 Å². The van der Waals surface area contributed by atoms with Crippen molar-refractivity contribution in [3.63, 3.8) is 0 Å². The highest BCUT2D eigenvalue weighted by Gasteiger charge is 2.37. The highest BCUT2D eigenvalue weighted by molar-refractivity contribution is 6.30. The Morgan fingerprint density at radius 2 is 1.52 bits per heavy atom. The molecule has 12 heteroatoms. The molecule has 0 aromatic heterocycles. The number of hydrogen-bond donors (Lipinski definition) is 2. The third-order valence-corrected chi connectivity index (χ3v) is 5.47. The van der Waals surface area contributed by atoms with Crippen molar-refractivity contribution in [2.24, 2.45) is 0 Å². The normalized spacial score (nSPS) is 17.0. The molecule has 1 fully saturated rings. The molecule has 0 spiro atoms. The van der Waals surface area contributed by atoms with Crippen LogP contribution in [-0.4, -0.2) is 48.9 Å². The Morgan fingerprint density at radius 1 is 0.939 bits per heavy atom. The summed E-state index contributed by atoms with van der Waals surface area (Å²) in [4.78, 5) is 17.0. The van der Waals surface area contributed by atoms with Gasteiger partial charge in [-0.15, -0.1) is 0 Å². The molecule has 0 aliphatic carbocycles. The van der Waals surface area contributed by atoms with Gasteiger partial charge in [-0.1, -0.05) is 23.7 Å². The topological polar surface area (TPSA) is 47.6 Å². The van der Waals surface area contributed by atoms with Gasteiger partial charge in [-0.3, -0.25) is 20.5 Å². The number of piperazine rings is 1. The van der Waals surface area contributed by atoms with Crippen molar-refractivity contribution in [1.82, 2.24) is 15.2 Å². The van der Waals surface area contributed by atoms with Gasteiger partial charge in [0.15, 0.2) is 0 Å². The van der Waals surface area contributed by atoms with Gasteiger partial charge in [-0.25, -0.2) is 0 Å². The standard InChI is InChI=1S/C21H21ClF6N4O/c1-31-5-7-32(8-6-31)18(13-3-2-4-16(22)9-13)19(33)30-29-17-11-14(20(23,24)25)10-15(12-17)21(26,27)28/h2-4,9-12,18,29H,5-8H2,1H3,(H,30,33). The summed E-state index contributed by atoms with van der Waals surface area (Å²) in [6, 6.07) is 6.73. The van der Waals surface area contributed by atoms with Crippen LogP contribution in [0.2, 0.25) is 5.02 Å². The van der Waals surface area contributed by atoms with E-state index in [0.717, 1.165) is 0 Å². The maximum atomic E-state index is 13.1. The van der Waals surface area contributed by atoms with Crippen molar-refractivity contribution >= 4 is 23.2 Å². The highest BCUT2D eigenvalue weighted by atomic mass is 35.5. The van der Waals surface area contributed by atoms with Crippen molar-refractivity contribution < 1.29 is 31.1 Å². The second-order valence-electron chi connectivity index (χ2n) is 7.71. The lowest BCUT2D eigenvalue weighted by Gasteiger charge is -2.37. The first-order chi connectivity index (χ1) is 15.3. The van der Waals surface area contributed by atoms with Gasteiger partial charge >= 0.3 is 12.4 Å². The van der Waals surface area contributed by atoms with E-state index in [9.17, 15) is 31.1 Å². The molecule has 180 valence electrons. The predicted molar refractivity (Wildman–Crippen MR) is 111 cm³/mol. The molecule has 3 rings (SSSR count). The minimum Gasteiger partial charge on any atom is -0.304 e. The number of amides is 1. The summed E-state index contributed by atoms with van der Waals surface area (Å²) in [5.41, 5.74) is 1.50. The number of nitrogens with one attached hydrogen (secondary N) is 2. The molecule has 2 aromatic rings. The molecule has 1 atom stereocenters. The molecule has 5 nitrogen and oxygen atoms in total. The Balaban J connectivity index is 1.85. The third kappa shape index (κ3) is 6.52. The van der Waals surface area contributed by atoms with Crippen LogP contribution in [0.5, 0.6) is 0 Å². The Bertz CT molecular complexity index is 957. The molecule has 1 heterocycles. The monoisotopic (exact) mass is 494 g/mol. The summed E-state index contributed by atoms with van der Waals surface area (Å²) in [6.07, 6.45) is -9.99. The van der Waals surface area contributed by atoms with Crippen molar-refractivity contribution in [2.45, 2.75) is 18.4 Å². The number of rotatable bonds is 5. The summed E-state index contributed by atoms with van der Waals surface area (Å²) in [7, 11) is 1.93. The van der Waals surface area contributed by atoms with Crippen LogP contribution in [0.15, 0.2) is 42.5 Å². The van der Waals surface area contributed by atoms with Gasteiger partial charge in [0.25, 0.3) is 5.91 Å². The van der Waals surface area contributed by atoms with Crippen molar-refractivity contribution in [3.05, 3.63) is 64.2 Å². The van der Waals surface area contributed by atoms with E-state index in [-0.39, 0.29) is 6.07 Å². The molecule has 0 saturated carbocycles. The maximum absolute atomic E-state index is 13.1. The SMILES string of the molecule is CN1CCN(C(C(=O)NNc2cc(C(F)(F)F)cc(C(F)(F)F)c2)c2cccc(Cl)c2)CC1. The molecule has 1 aliphatic rings. The van der Waals surface area contributed by atoms with E-state index < -0.39 is 41.1 Å². The molecular weight excluding hydrogens is 474 g/mol. The van der Waals surface area contributed by atoms with Crippen molar-refractivity contribution in [3.8, 4) is 0 Å². The van der Waals surface area contributed by atoms with Crippen LogP contribution >= 0.6 is 11.6 Å². The number of alkyl halides is 6. The molecule has 0 bridgehead atoms. The molecule has 2 N–H and O–H groups in total. The predicted octanol–water partition coefficient (Wildman–Crippen LogP) is 4.81. The van der Waals surface area contributed by atoms with Gasteiger partial charge in [-0.2, -0.15) is 26.3 Å². The Labute approximate surface area is 191 Å². The fourth-order valence-corrected chi connectivity index (χ4v) is 3.71. The van der Waals surface area contributed by atoms with Crippen LogP contribution in [0.1, 0.15) is 22.7 Å². The van der Waals surface area contributed by atoms with Crippen molar-refractivity contribution in [1.29, 1.82) is 0 Å². The molecular formula is C21H21ClF6N4O. The van der Waals surface area contributed by atoms with Crippen LogP contribution in [0.3, 0.4) is 0 Å². The molecule has 1 aliphatic heterocycles. The number of nitrogens with zero attached hydrogens (tertiary/aromatic N) is 2. The molecule has 1 amide bonds. The summed E-state index contributed by atoms with van der Waals surface area (Å²) in [6.45, 7) is 2.42. The summed E-state index contributed by atoms with van der Waals surface area (Å²) in [5.74, 6) is -0.646. The van der Waals surface area contributed by atoms with Crippen LogP contribution in [0.4, 0.5) is 32.0 Å². The van der Waals surface area contributed by atoms with Gasteiger partial charge in [-0.05, 0) is 42.9 Å². The minimum absolute atomic E-state index is 0.0198. The van der Waals surface area contributed by atoms with Gasteiger partial charge in [0.1, 0.15) is 6.04 Å². The lowest BCUT2D eigenvalue weighted by molar-refractivity contribution is -0.143. The van der Waals surface area contributed by atoms with Gasteiger partial charge in [0.2, 0.25) is 0 Å². The van der Waals surface area contributed by atoms with E-state index in [1.54, 1.807) is 24.3 Å². The van der Waals surface area contributed by atoms with Gasteiger partial charge < -0.3 is 4.90 Å². The summed E-state index contributed by atoms with van der Waals surface area (Å²) in [5, 5.41) is 0.389. The molecule has 0 radical (unpaired) electrons. The zero-order valence-electron chi connectivity index (χ0n) is 17.4. The number of benzene rings is 2. The number of hydrogen-bond acceptors (Lipinski definition) is 4. The zero-order valence-corrected chi connectivity index (χ0v) is 18.2. The minimum atomic E-state index is -5.00. The number of carbonyl (C=O) groups is 1. The van der Waals surface area contributed by atoms with E-state index in [2.05, 4.69) is 15.8 Å². The van der Waals surface area contributed by atoms with E-state index in [1.807, 2.05) is 11.9 Å². The van der Waals surface area contributed by atoms with E-state index in [4.69, 9.17) is 11.6 Å². The molecule has 33 heavy (non-hydrogen) atoms. The summed E-state index contributed by atoms with van der Waals surface area (Å²) < 4.78 is 78.5. The average molecular weight is 495 g/mol. The Kier molecular flexibility index (Phi) is 7.45. The number of carbonyl (C=O) groups excluding carboxylic acids is 1. The first-order valence-electron chi connectivity index (χ1n) is 9.88. The lowest BCUT2D eigenvalue weighted by Crippen LogP contribution is -2.50. The number of hydrazine groups is 1. The van der Waals surface area contributed by atoms with Crippen LogP contribution in [0.25, 0.3) is 0 Å². The van der Waals surface area contributed by atoms with Gasteiger partial charge in [0, 0.05) is 31.2 Å². The number of anilines is 1. The van der Waals surface area contributed by atoms with Crippen LogP contribution in [0, 0.1) is 0 Å². The Morgan fingerprint density at radius 3 is 2.03 bits per heavy atom. The van der Waals surface area contributed by atoms with E-state index in [1.165, 1.54) is 0 Å². The van der Waals surface area contributed by atoms with E-state index in [0.29, 0.717) is 48.9 Å². The zero-order chi connectivity index (χ0) is 24.4. The highest BCUT2D eigenvalue weighted by Crippen LogP contribution is 2.37. The smallest absolute Gasteiger partial charge is 0.304 e. The fraction of sp³-hybridized carbons (Fsp3) is 0.381. The second kappa shape index (κ2) is 9.78. The molecule has 2 aromatic carbocycles. The largest absolute Gasteiger partial charge is 0.416 e. The molecule has 1 saturated heterocycles. The first kappa shape index (κ1) is 25.1. The maximum Gasteiger partial charge on any atom is 0.416 e. The molecule has 1 unspecified atom stereocenters. The second-order valence-corrected chi connectivity index (χ2v) is 8.14. The van der Waals surface area contributed by atoms with Crippen LogP contribution < -0.4 is 10.9 Å². The quantitative estimate of drug-likeness (QED) is 0.463. The van der Waals surface area contributed by atoms with Crippen LogP contribution in [-0.2, 0) is 17.1 Å². The lowest BCUT2D eigenvalue weighted by atomic mass is 10.0. The Hall–Kier alpha value is -2.50. The summed E-state index contributed by atoms with van der Waals surface area (Å²) >= 11 is 6.06. The van der Waals surface area contributed by atoms with Gasteiger partial charge in [0.05, 0.1) is 16.8 Å². The third-order valence-electron chi connectivity index (χ3n) is 5.23.